The van der Waals surface area contributed by atoms with Crippen LogP contribution < -0.4 is 10.9 Å². The third kappa shape index (κ3) is 3.80. The van der Waals surface area contributed by atoms with Gasteiger partial charge < -0.3 is 10.3 Å². The van der Waals surface area contributed by atoms with Crippen molar-refractivity contribution in [3.63, 3.8) is 0 Å². The molecule has 0 bridgehead atoms. The molecule has 0 atom stereocenters. The van der Waals surface area contributed by atoms with Gasteiger partial charge in [0, 0.05) is 10.6 Å². The average molecular weight is 345 g/mol. The summed E-state index contributed by atoms with van der Waals surface area (Å²) in [6.45, 7) is 3.91. The molecule has 0 radical (unpaired) electrons. The molecule has 23 heavy (non-hydrogen) atoms. The molecule has 0 aliphatic heterocycles. The predicted molar refractivity (Wildman–Crippen MR) is 95.5 cm³/mol. The van der Waals surface area contributed by atoms with Gasteiger partial charge in [0.15, 0.2) is 5.16 Å². The molecule has 3 rings (SSSR count). The lowest BCUT2D eigenvalue weighted by Crippen LogP contribution is -2.15. The van der Waals surface area contributed by atoms with E-state index in [-0.39, 0.29) is 17.2 Å². The highest BCUT2D eigenvalue weighted by Crippen LogP contribution is 2.22. The summed E-state index contributed by atoms with van der Waals surface area (Å²) in [6.07, 6.45) is 0. The normalized spacial score (nSPS) is 10.9. The Balaban J connectivity index is 1.68. The molecule has 0 saturated heterocycles. The Kier molecular flexibility index (Phi) is 4.49. The van der Waals surface area contributed by atoms with Crippen LogP contribution in [0, 0.1) is 13.8 Å². The van der Waals surface area contributed by atoms with Crippen LogP contribution in [0.5, 0.6) is 0 Å². The van der Waals surface area contributed by atoms with Crippen LogP contribution in [0.3, 0.4) is 0 Å². The second-order valence-corrected chi connectivity index (χ2v) is 7.35. The number of hydrogen-bond donors (Lipinski definition) is 2. The molecule has 0 fully saturated rings. The molecule has 1 amide bonds. The van der Waals surface area contributed by atoms with Crippen LogP contribution in [0.4, 0.5) is 5.69 Å². The quantitative estimate of drug-likeness (QED) is 0.562. The highest BCUT2D eigenvalue weighted by molar-refractivity contribution is 7.99. The molecule has 2 heterocycles. The maximum absolute atomic E-state index is 12.0. The summed E-state index contributed by atoms with van der Waals surface area (Å²) in [5, 5.41) is 3.89. The number of carbonyl (C=O) groups excluding carboxylic acids is 1. The van der Waals surface area contributed by atoms with Crippen molar-refractivity contribution >= 4 is 44.9 Å². The number of amides is 1. The Bertz CT molecular complexity index is 930. The van der Waals surface area contributed by atoms with Crippen molar-refractivity contribution < 1.29 is 4.79 Å². The Labute approximate surface area is 141 Å². The number of carbonyl (C=O) groups is 1. The molecular weight excluding hydrogens is 330 g/mol. The molecule has 0 saturated carbocycles. The maximum Gasteiger partial charge on any atom is 0.260 e. The van der Waals surface area contributed by atoms with Crippen molar-refractivity contribution in [1.82, 2.24) is 9.97 Å². The van der Waals surface area contributed by atoms with E-state index >= 15 is 0 Å². The van der Waals surface area contributed by atoms with Crippen molar-refractivity contribution in [2.45, 2.75) is 19.0 Å². The van der Waals surface area contributed by atoms with Crippen LogP contribution in [0.15, 0.2) is 40.3 Å². The van der Waals surface area contributed by atoms with Crippen LogP contribution >= 0.6 is 23.1 Å². The lowest BCUT2D eigenvalue weighted by molar-refractivity contribution is -0.113. The number of H-pyrrole nitrogens is 1. The summed E-state index contributed by atoms with van der Waals surface area (Å²) >= 11 is 2.69. The Morgan fingerprint density at radius 3 is 2.96 bits per heavy atom. The molecule has 0 unspecified atom stereocenters. The zero-order chi connectivity index (χ0) is 16.4. The number of hydrogen-bond acceptors (Lipinski definition) is 5. The van der Waals surface area contributed by atoms with E-state index in [2.05, 4.69) is 15.3 Å². The zero-order valence-electron chi connectivity index (χ0n) is 12.7. The molecule has 2 aromatic heterocycles. The molecule has 118 valence electrons. The van der Waals surface area contributed by atoms with Crippen LogP contribution in [0.1, 0.15) is 10.4 Å². The van der Waals surface area contributed by atoms with E-state index in [4.69, 9.17) is 0 Å². The largest absolute Gasteiger partial charge is 0.325 e. The lowest BCUT2D eigenvalue weighted by atomic mass is 10.2. The number of rotatable bonds is 4. The van der Waals surface area contributed by atoms with Crippen molar-refractivity contribution in [2.24, 2.45) is 0 Å². The van der Waals surface area contributed by atoms with Gasteiger partial charge >= 0.3 is 0 Å². The molecule has 5 nitrogen and oxygen atoms in total. The highest BCUT2D eigenvalue weighted by Gasteiger charge is 2.09. The van der Waals surface area contributed by atoms with E-state index in [1.807, 2.05) is 44.2 Å². The number of benzene rings is 1. The van der Waals surface area contributed by atoms with E-state index < -0.39 is 0 Å². The number of aryl methyl sites for hydroxylation is 2. The third-order valence-electron chi connectivity index (χ3n) is 3.15. The smallest absolute Gasteiger partial charge is 0.260 e. The minimum Gasteiger partial charge on any atom is -0.325 e. The van der Waals surface area contributed by atoms with Gasteiger partial charge in [0.25, 0.3) is 5.56 Å². The van der Waals surface area contributed by atoms with Gasteiger partial charge in [0.05, 0.1) is 11.1 Å². The van der Waals surface area contributed by atoms with E-state index in [1.165, 1.54) is 23.1 Å². The van der Waals surface area contributed by atoms with Crippen molar-refractivity contribution in [2.75, 3.05) is 11.1 Å². The van der Waals surface area contributed by atoms with Gasteiger partial charge in [-0.05, 0) is 37.6 Å². The summed E-state index contributed by atoms with van der Waals surface area (Å²) in [6, 6.07) is 9.44. The second-order valence-electron chi connectivity index (χ2n) is 5.15. The fraction of sp³-hybridized carbons (Fsp3) is 0.188. The number of anilines is 1. The van der Waals surface area contributed by atoms with Crippen molar-refractivity contribution in [1.29, 1.82) is 0 Å². The number of nitrogens with one attached hydrogen (secondary N) is 2. The van der Waals surface area contributed by atoms with Gasteiger partial charge in [-0.2, -0.15) is 0 Å². The molecule has 0 spiro atoms. The van der Waals surface area contributed by atoms with Gasteiger partial charge in [-0.25, -0.2) is 4.98 Å². The maximum atomic E-state index is 12.0. The number of aromatic nitrogens is 2. The molecule has 7 heteroatoms. The first-order valence-electron chi connectivity index (χ1n) is 7.01. The van der Waals surface area contributed by atoms with Crippen LogP contribution in [-0.4, -0.2) is 21.6 Å². The molecule has 0 aliphatic carbocycles. The molecular formula is C16H15N3O2S2. The molecule has 3 aromatic rings. The average Bonchev–Trinajstić information content (AvgIpc) is 2.86. The van der Waals surface area contributed by atoms with E-state index in [9.17, 15) is 9.59 Å². The van der Waals surface area contributed by atoms with Gasteiger partial charge in [0.2, 0.25) is 5.91 Å². The topological polar surface area (TPSA) is 74.8 Å². The molecule has 1 aromatic carbocycles. The zero-order valence-corrected chi connectivity index (χ0v) is 14.3. The Hall–Kier alpha value is -2.12. The highest BCUT2D eigenvalue weighted by atomic mass is 32.2. The predicted octanol–water partition coefficient (Wildman–Crippen LogP) is 3.33. The molecule has 2 N–H and O–H groups in total. The third-order valence-corrected chi connectivity index (χ3v) is 4.96. The first-order valence-corrected chi connectivity index (χ1v) is 8.81. The van der Waals surface area contributed by atoms with E-state index in [0.29, 0.717) is 15.4 Å². The van der Waals surface area contributed by atoms with Gasteiger partial charge in [-0.15, -0.1) is 11.3 Å². The number of nitrogens with zero attached hydrogens (tertiary/aromatic N) is 1. The second kappa shape index (κ2) is 6.55. The van der Waals surface area contributed by atoms with Gasteiger partial charge in [0.1, 0.15) is 4.83 Å². The minimum atomic E-state index is -0.166. The Morgan fingerprint density at radius 2 is 2.17 bits per heavy atom. The fourth-order valence-corrected chi connectivity index (χ4v) is 3.75. The first-order chi connectivity index (χ1) is 11.0. The lowest BCUT2D eigenvalue weighted by Gasteiger charge is -2.05. The summed E-state index contributed by atoms with van der Waals surface area (Å²) < 4.78 is 0. The van der Waals surface area contributed by atoms with Crippen molar-refractivity contribution in [3.05, 3.63) is 51.1 Å². The van der Waals surface area contributed by atoms with Gasteiger partial charge in [-0.1, -0.05) is 23.9 Å². The summed E-state index contributed by atoms with van der Waals surface area (Å²) in [7, 11) is 0. The summed E-state index contributed by atoms with van der Waals surface area (Å²) in [5.74, 6) is 0.0536. The first kappa shape index (κ1) is 15.8. The summed E-state index contributed by atoms with van der Waals surface area (Å²) in [5.41, 5.74) is 1.68. The van der Waals surface area contributed by atoms with Gasteiger partial charge in [-0.3, -0.25) is 9.59 Å². The number of aromatic amines is 1. The van der Waals surface area contributed by atoms with E-state index in [1.54, 1.807) is 0 Å². The monoisotopic (exact) mass is 345 g/mol. The number of thiophene rings is 1. The standard InChI is InChI=1S/C16H15N3O2S2/c1-9-4-3-5-11(6-9)17-13(20)8-22-16-18-14(21)12-7-10(2)23-15(12)19-16/h3-7H,8H2,1-2H3,(H,17,20)(H,18,19,21). The van der Waals surface area contributed by atoms with E-state index in [0.717, 1.165) is 16.1 Å². The molecule has 0 aliphatic rings. The van der Waals surface area contributed by atoms with Crippen LogP contribution in [0.2, 0.25) is 0 Å². The summed E-state index contributed by atoms with van der Waals surface area (Å²) in [4.78, 5) is 32.8. The SMILES string of the molecule is Cc1cccc(NC(=O)CSc2nc3sc(C)cc3c(=O)[nH]2)c1. The minimum absolute atomic E-state index is 0.134. The number of fused-ring (bicyclic) bond motifs is 1. The van der Waals surface area contributed by atoms with Crippen LogP contribution in [0.25, 0.3) is 10.2 Å². The van der Waals surface area contributed by atoms with Crippen molar-refractivity contribution in [3.8, 4) is 0 Å². The number of thioether (sulfide) groups is 1. The van der Waals surface area contributed by atoms with Crippen LogP contribution in [-0.2, 0) is 4.79 Å². The Morgan fingerprint density at radius 1 is 1.35 bits per heavy atom. The fourth-order valence-electron chi connectivity index (χ4n) is 2.15.